The Morgan fingerprint density at radius 3 is 2.35 bits per heavy atom. The SMILES string of the molecule is COC(=O)C[C@H](NC(=O)NCCN(C)C(C)C)C(=O)O. The molecular weight excluding hydrogens is 266 g/mol. The standard InChI is InChI=1S/C12H23N3O5/c1-8(2)15(3)6-5-13-12(19)14-9(11(17)18)7-10(16)20-4/h8-9H,5-7H2,1-4H3,(H,17,18)(H2,13,14,19)/t9-/m0/s1. The Labute approximate surface area is 118 Å². The molecule has 116 valence electrons. The van der Waals surface area contributed by atoms with Gasteiger partial charge in [-0.25, -0.2) is 9.59 Å². The fourth-order valence-corrected chi connectivity index (χ4v) is 1.26. The van der Waals surface area contributed by atoms with Gasteiger partial charge in [-0.1, -0.05) is 0 Å². The maximum Gasteiger partial charge on any atom is 0.326 e. The van der Waals surface area contributed by atoms with Crippen molar-refractivity contribution in [3.63, 3.8) is 0 Å². The Morgan fingerprint density at radius 1 is 1.30 bits per heavy atom. The number of ether oxygens (including phenoxy) is 1. The van der Waals surface area contributed by atoms with Gasteiger partial charge in [-0.05, 0) is 20.9 Å². The van der Waals surface area contributed by atoms with Crippen LogP contribution in [0.4, 0.5) is 4.79 Å². The highest BCUT2D eigenvalue weighted by molar-refractivity contribution is 5.86. The van der Waals surface area contributed by atoms with Crippen LogP contribution >= 0.6 is 0 Å². The third kappa shape index (κ3) is 7.57. The van der Waals surface area contributed by atoms with E-state index in [1.807, 2.05) is 25.8 Å². The molecule has 0 aromatic rings. The van der Waals surface area contributed by atoms with Crippen molar-refractivity contribution in [3.05, 3.63) is 0 Å². The van der Waals surface area contributed by atoms with Crippen molar-refractivity contribution in [1.29, 1.82) is 0 Å². The van der Waals surface area contributed by atoms with E-state index in [0.29, 0.717) is 19.1 Å². The van der Waals surface area contributed by atoms with Gasteiger partial charge >= 0.3 is 18.0 Å². The minimum absolute atomic E-state index is 0.353. The van der Waals surface area contributed by atoms with E-state index in [0.717, 1.165) is 7.11 Å². The van der Waals surface area contributed by atoms with Crippen molar-refractivity contribution >= 4 is 18.0 Å². The summed E-state index contributed by atoms with van der Waals surface area (Å²) in [4.78, 5) is 35.5. The molecule has 0 fully saturated rings. The molecule has 2 amide bonds. The van der Waals surface area contributed by atoms with Gasteiger partial charge in [0.1, 0.15) is 6.04 Å². The average Bonchev–Trinajstić information content (AvgIpc) is 2.37. The number of carbonyl (C=O) groups excluding carboxylic acids is 2. The highest BCUT2D eigenvalue weighted by Gasteiger charge is 2.23. The molecule has 0 aliphatic carbocycles. The zero-order valence-electron chi connectivity index (χ0n) is 12.3. The van der Waals surface area contributed by atoms with Gasteiger partial charge in [0.05, 0.1) is 13.5 Å². The van der Waals surface area contributed by atoms with Gasteiger partial charge in [0.2, 0.25) is 0 Å². The Kier molecular flexibility index (Phi) is 8.30. The van der Waals surface area contributed by atoms with Gasteiger partial charge in [-0.15, -0.1) is 0 Å². The van der Waals surface area contributed by atoms with E-state index in [4.69, 9.17) is 5.11 Å². The highest BCUT2D eigenvalue weighted by Crippen LogP contribution is 1.95. The van der Waals surface area contributed by atoms with Crippen molar-refractivity contribution in [2.75, 3.05) is 27.2 Å². The van der Waals surface area contributed by atoms with Crippen LogP contribution < -0.4 is 10.6 Å². The lowest BCUT2D eigenvalue weighted by atomic mass is 10.2. The quantitative estimate of drug-likeness (QED) is 0.527. The summed E-state index contributed by atoms with van der Waals surface area (Å²) in [5, 5.41) is 13.6. The van der Waals surface area contributed by atoms with Crippen LogP contribution in [0, 0.1) is 0 Å². The maximum atomic E-state index is 11.5. The molecule has 0 saturated heterocycles. The van der Waals surface area contributed by atoms with E-state index in [1.54, 1.807) is 0 Å². The monoisotopic (exact) mass is 289 g/mol. The van der Waals surface area contributed by atoms with Crippen molar-refractivity contribution < 1.29 is 24.2 Å². The van der Waals surface area contributed by atoms with Gasteiger partial charge in [0.15, 0.2) is 0 Å². The molecule has 0 bridgehead atoms. The molecule has 0 aromatic carbocycles. The molecule has 20 heavy (non-hydrogen) atoms. The van der Waals surface area contributed by atoms with Gasteiger partial charge < -0.3 is 25.4 Å². The second kappa shape index (κ2) is 9.13. The summed E-state index contributed by atoms with van der Waals surface area (Å²) in [6.45, 7) is 5.07. The third-order valence-electron chi connectivity index (χ3n) is 2.83. The number of carboxylic acid groups (broad SMARTS) is 1. The van der Waals surface area contributed by atoms with Crippen LogP contribution in [-0.4, -0.2) is 67.3 Å². The second-order valence-electron chi connectivity index (χ2n) is 4.65. The van der Waals surface area contributed by atoms with E-state index in [2.05, 4.69) is 15.4 Å². The third-order valence-corrected chi connectivity index (χ3v) is 2.83. The molecule has 1 atom stereocenters. The van der Waals surface area contributed by atoms with E-state index < -0.39 is 30.4 Å². The van der Waals surface area contributed by atoms with Crippen LogP contribution in [0.2, 0.25) is 0 Å². The lowest BCUT2D eigenvalue weighted by molar-refractivity contribution is -0.147. The fraction of sp³-hybridized carbons (Fsp3) is 0.750. The second-order valence-corrected chi connectivity index (χ2v) is 4.65. The molecule has 0 aliphatic rings. The summed E-state index contributed by atoms with van der Waals surface area (Å²) in [5.74, 6) is -1.98. The Morgan fingerprint density at radius 2 is 1.90 bits per heavy atom. The first-order valence-electron chi connectivity index (χ1n) is 6.32. The number of likely N-dealkylation sites (N-methyl/N-ethyl adjacent to an activating group) is 1. The molecule has 0 aromatic heterocycles. The number of hydrogen-bond acceptors (Lipinski definition) is 5. The van der Waals surface area contributed by atoms with Crippen molar-refractivity contribution in [2.24, 2.45) is 0 Å². The molecule has 3 N–H and O–H groups in total. The van der Waals surface area contributed by atoms with Crippen LogP contribution in [0.5, 0.6) is 0 Å². The van der Waals surface area contributed by atoms with Crippen molar-refractivity contribution in [2.45, 2.75) is 32.4 Å². The first-order valence-corrected chi connectivity index (χ1v) is 6.32. The molecule has 0 radical (unpaired) electrons. The Hall–Kier alpha value is -1.83. The summed E-state index contributed by atoms with van der Waals surface area (Å²) in [7, 11) is 3.07. The van der Waals surface area contributed by atoms with E-state index in [1.165, 1.54) is 0 Å². The number of carbonyl (C=O) groups is 3. The molecule has 8 nitrogen and oxygen atoms in total. The largest absolute Gasteiger partial charge is 0.480 e. The smallest absolute Gasteiger partial charge is 0.326 e. The summed E-state index contributed by atoms with van der Waals surface area (Å²) in [6.07, 6.45) is -0.412. The minimum atomic E-state index is -1.30. The summed E-state index contributed by atoms with van der Waals surface area (Å²) in [6, 6.07) is -1.57. The molecule has 0 rings (SSSR count). The number of nitrogens with zero attached hydrogens (tertiary/aromatic N) is 1. The van der Waals surface area contributed by atoms with Crippen LogP contribution in [0.15, 0.2) is 0 Å². The lowest BCUT2D eigenvalue weighted by Crippen LogP contribution is -2.48. The fourth-order valence-electron chi connectivity index (χ4n) is 1.26. The normalized spacial score (nSPS) is 12.1. The number of rotatable bonds is 8. The van der Waals surface area contributed by atoms with Crippen LogP contribution in [0.1, 0.15) is 20.3 Å². The predicted octanol–water partition coefficient (Wildman–Crippen LogP) is -0.358. The number of aliphatic carboxylic acids is 1. The van der Waals surface area contributed by atoms with Gasteiger partial charge in [0.25, 0.3) is 0 Å². The first-order chi connectivity index (χ1) is 9.27. The number of hydrogen-bond donors (Lipinski definition) is 3. The van der Waals surface area contributed by atoms with E-state index >= 15 is 0 Å². The molecule has 0 heterocycles. The number of amides is 2. The molecule has 0 spiro atoms. The number of methoxy groups -OCH3 is 1. The maximum absolute atomic E-state index is 11.5. The van der Waals surface area contributed by atoms with Gasteiger partial charge in [-0.2, -0.15) is 0 Å². The van der Waals surface area contributed by atoms with Gasteiger partial charge in [0, 0.05) is 19.1 Å². The molecule has 0 unspecified atom stereocenters. The topological polar surface area (TPSA) is 108 Å². The van der Waals surface area contributed by atoms with Crippen LogP contribution in [0.3, 0.4) is 0 Å². The molecule has 0 saturated carbocycles. The molecular formula is C12H23N3O5. The summed E-state index contributed by atoms with van der Waals surface area (Å²) < 4.78 is 4.37. The highest BCUT2D eigenvalue weighted by atomic mass is 16.5. The average molecular weight is 289 g/mol. The van der Waals surface area contributed by atoms with Crippen molar-refractivity contribution in [1.82, 2.24) is 15.5 Å². The zero-order chi connectivity index (χ0) is 15.7. The zero-order valence-corrected chi connectivity index (χ0v) is 12.3. The number of nitrogens with one attached hydrogen (secondary N) is 2. The first kappa shape index (κ1) is 18.2. The molecule has 8 heteroatoms. The van der Waals surface area contributed by atoms with Crippen molar-refractivity contribution in [3.8, 4) is 0 Å². The summed E-state index contributed by atoms with van der Waals surface area (Å²) in [5.41, 5.74) is 0. The Bertz CT molecular complexity index is 346. The number of esters is 1. The summed E-state index contributed by atoms with van der Waals surface area (Å²) >= 11 is 0. The van der Waals surface area contributed by atoms with Crippen LogP contribution in [0.25, 0.3) is 0 Å². The predicted molar refractivity (Wildman–Crippen MR) is 72.4 cm³/mol. The number of carboxylic acids is 1. The minimum Gasteiger partial charge on any atom is -0.480 e. The Balaban J connectivity index is 4.14. The van der Waals surface area contributed by atoms with Gasteiger partial charge in [-0.3, -0.25) is 4.79 Å². The number of urea groups is 1. The van der Waals surface area contributed by atoms with E-state index in [9.17, 15) is 14.4 Å². The lowest BCUT2D eigenvalue weighted by Gasteiger charge is -2.21. The van der Waals surface area contributed by atoms with E-state index in [-0.39, 0.29) is 0 Å². The molecule has 0 aliphatic heterocycles. The van der Waals surface area contributed by atoms with Crippen LogP contribution in [-0.2, 0) is 14.3 Å².